The molecule has 6 heteroatoms. The summed E-state index contributed by atoms with van der Waals surface area (Å²) >= 11 is 5.92. The lowest BCUT2D eigenvalue weighted by atomic mass is 10.1. The van der Waals surface area contributed by atoms with E-state index in [1.807, 2.05) is 0 Å². The highest BCUT2D eigenvalue weighted by Crippen LogP contribution is 2.16. The molecule has 3 aromatic rings. The van der Waals surface area contributed by atoms with Gasteiger partial charge in [-0.15, -0.1) is 0 Å². The highest BCUT2D eigenvalue weighted by Gasteiger charge is 2.11. The maximum Gasteiger partial charge on any atom is 0.255 e. The Labute approximate surface area is 167 Å². The van der Waals surface area contributed by atoms with Crippen molar-refractivity contribution in [2.45, 2.75) is 6.42 Å². The van der Waals surface area contributed by atoms with Crippen molar-refractivity contribution in [2.75, 3.05) is 11.9 Å². The summed E-state index contributed by atoms with van der Waals surface area (Å²) in [5.41, 5.74) is 1.81. The number of carbonyl (C=O) groups excluding carboxylic acids is 2. The molecule has 3 rings (SSSR count). The Kier molecular flexibility index (Phi) is 6.40. The maximum atomic E-state index is 13.6. The molecular formula is C22H18ClFN2O2. The predicted octanol–water partition coefficient (Wildman–Crippen LogP) is 4.70. The van der Waals surface area contributed by atoms with E-state index in [0.29, 0.717) is 40.4 Å². The molecule has 0 spiro atoms. The average Bonchev–Trinajstić information content (AvgIpc) is 2.69. The normalized spacial score (nSPS) is 10.4. The lowest BCUT2D eigenvalue weighted by Crippen LogP contribution is -2.26. The van der Waals surface area contributed by atoms with E-state index in [0.717, 1.165) is 0 Å². The summed E-state index contributed by atoms with van der Waals surface area (Å²) in [5.74, 6) is -0.964. The Bertz CT molecular complexity index is 1010. The van der Waals surface area contributed by atoms with E-state index in [4.69, 9.17) is 11.6 Å². The standard InChI is InChI=1S/C22H18ClFN2O2/c23-18-8-4-9-19(14-18)26-22(28)17-7-3-6-16(13-17)21(27)25-12-11-15-5-1-2-10-20(15)24/h1-10,13-14H,11-12H2,(H,25,27)(H,26,28). The van der Waals surface area contributed by atoms with Gasteiger partial charge in [0.05, 0.1) is 0 Å². The van der Waals surface area contributed by atoms with Crippen molar-refractivity contribution in [2.24, 2.45) is 0 Å². The van der Waals surface area contributed by atoms with E-state index in [9.17, 15) is 14.0 Å². The summed E-state index contributed by atoms with van der Waals surface area (Å²) in [6.45, 7) is 0.290. The summed E-state index contributed by atoms with van der Waals surface area (Å²) < 4.78 is 13.6. The van der Waals surface area contributed by atoms with Crippen molar-refractivity contribution in [1.82, 2.24) is 5.32 Å². The molecule has 0 aromatic heterocycles. The monoisotopic (exact) mass is 396 g/mol. The van der Waals surface area contributed by atoms with Crippen molar-refractivity contribution < 1.29 is 14.0 Å². The topological polar surface area (TPSA) is 58.2 Å². The van der Waals surface area contributed by atoms with Crippen LogP contribution in [0.5, 0.6) is 0 Å². The maximum absolute atomic E-state index is 13.6. The molecule has 0 fully saturated rings. The van der Waals surface area contributed by atoms with E-state index in [1.54, 1.807) is 60.7 Å². The molecule has 28 heavy (non-hydrogen) atoms. The second kappa shape index (κ2) is 9.15. The first-order valence-corrected chi connectivity index (χ1v) is 9.09. The first-order valence-electron chi connectivity index (χ1n) is 8.71. The Morgan fingerprint density at radius 1 is 0.857 bits per heavy atom. The van der Waals surface area contributed by atoms with Gasteiger partial charge in [0, 0.05) is 28.4 Å². The highest BCUT2D eigenvalue weighted by atomic mass is 35.5. The molecule has 142 valence electrons. The predicted molar refractivity (Wildman–Crippen MR) is 108 cm³/mol. The Hall–Kier alpha value is -3.18. The van der Waals surface area contributed by atoms with Gasteiger partial charge in [-0.05, 0) is 54.4 Å². The highest BCUT2D eigenvalue weighted by molar-refractivity contribution is 6.31. The SMILES string of the molecule is O=C(NCCc1ccccc1F)c1cccc(C(=O)Nc2cccc(Cl)c2)c1. The van der Waals surface area contributed by atoms with Crippen LogP contribution in [0.4, 0.5) is 10.1 Å². The molecule has 0 saturated heterocycles. The molecule has 0 radical (unpaired) electrons. The Balaban J connectivity index is 1.61. The van der Waals surface area contributed by atoms with Crippen LogP contribution in [-0.2, 0) is 6.42 Å². The Morgan fingerprint density at radius 2 is 1.57 bits per heavy atom. The van der Waals surface area contributed by atoms with Crippen LogP contribution in [0, 0.1) is 5.82 Å². The van der Waals surface area contributed by atoms with Gasteiger partial charge in [0.1, 0.15) is 5.82 Å². The molecule has 2 amide bonds. The molecule has 0 unspecified atom stereocenters. The lowest BCUT2D eigenvalue weighted by molar-refractivity contribution is 0.0954. The minimum absolute atomic E-state index is 0.290. The van der Waals surface area contributed by atoms with Gasteiger partial charge in [-0.25, -0.2) is 4.39 Å². The first kappa shape index (κ1) is 19.6. The zero-order valence-corrected chi connectivity index (χ0v) is 15.7. The second-order valence-electron chi connectivity index (χ2n) is 6.14. The molecule has 0 heterocycles. The molecule has 4 nitrogen and oxygen atoms in total. The Morgan fingerprint density at radius 3 is 2.32 bits per heavy atom. The van der Waals surface area contributed by atoms with Crippen molar-refractivity contribution >= 4 is 29.1 Å². The van der Waals surface area contributed by atoms with E-state index < -0.39 is 0 Å². The summed E-state index contributed by atoms with van der Waals surface area (Å²) in [4.78, 5) is 24.8. The molecule has 0 aliphatic carbocycles. The average molecular weight is 397 g/mol. The van der Waals surface area contributed by atoms with Crippen LogP contribution in [0.15, 0.2) is 72.8 Å². The summed E-state index contributed by atoms with van der Waals surface area (Å²) in [6.07, 6.45) is 0.382. The molecule has 3 aromatic carbocycles. The van der Waals surface area contributed by atoms with Gasteiger partial charge in [0.25, 0.3) is 11.8 Å². The van der Waals surface area contributed by atoms with Crippen molar-refractivity contribution in [3.8, 4) is 0 Å². The van der Waals surface area contributed by atoms with E-state index >= 15 is 0 Å². The summed E-state index contributed by atoms with van der Waals surface area (Å²) in [6, 6.07) is 19.6. The summed E-state index contributed by atoms with van der Waals surface area (Å²) in [5, 5.41) is 6.00. The second-order valence-corrected chi connectivity index (χ2v) is 6.58. The third-order valence-electron chi connectivity index (χ3n) is 4.11. The van der Waals surface area contributed by atoms with Crippen LogP contribution >= 0.6 is 11.6 Å². The van der Waals surface area contributed by atoms with Crippen LogP contribution in [0.2, 0.25) is 5.02 Å². The van der Waals surface area contributed by atoms with Crippen LogP contribution in [0.1, 0.15) is 26.3 Å². The van der Waals surface area contributed by atoms with Crippen molar-refractivity contribution in [3.63, 3.8) is 0 Å². The van der Waals surface area contributed by atoms with Crippen LogP contribution in [0.3, 0.4) is 0 Å². The number of hydrogen-bond acceptors (Lipinski definition) is 2. The number of halogens is 2. The van der Waals surface area contributed by atoms with Gasteiger partial charge in [0.2, 0.25) is 0 Å². The number of benzene rings is 3. The van der Waals surface area contributed by atoms with Gasteiger partial charge >= 0.3 is 0 Å². The molecule has 0 saturated carbocycles. The molecule has 0 aliphatic heterocycles. The van der Waals surface area contributed by atoms with Gasteiger partial charge in [-0.2, -0.15) is 0 Å². The fraction of sp³-hybridized carbons (Fsp3) is 0.0909. The van der Waals surface area contributed by atoms with Crippen LogP contribution < -0.4 is 10.6 Å². The minimum Gasteiger partial charge on any atom is -0.352 e. The molecule has 0 aliphatic rings. The third kappa shape index (κ3) is 5.18. The number of rotatable bonds is 6. The molecular weight excluding hydrogens is 379 g/mol. The number of amides is 2. The summed E-state index contributed by atoms with van der Waals surface area (Å²) in [7, 11) is 0. The van der Waals surface area contributed by atoms with Gasteiger partial charge in [-0.1, -0.05) is 41.9 Å². The fourth-order valence-corrected chi connectivity index (χ4v) is 2.88. The zero-order chi connectivity index (χ0) is 19.9. The number of hydrogen-bond donors (Lipinski definition) is 2. The third-order valence-corrected chi connectivity index (χ3v) is 4.34. The lowest BCUT2D eigenvalue weighted by Gasteiger charge is -2.09. The minimum atomic E-state index is -0.344. The van der Waals surface area contributed by atoms with Gasteiger partial charge < -0.3 is 10.6 Å². The number of carbonyl (C=O) groups is 2. The van der Waals surface area contributed by atoms with Crippen molar-refractivity contribution in [3.05, 3.63) is 100 Å². The van der Waals surface area contributed by atoms with Gasteiger partial charge in [0.15, 0.2) is 0 Å². The smallest absolute Gasteiger partial charge is 0.255 e. The quantitative estimate of drug-likeness (QED) is 0.634. The first-order chi connectivity index (χ1) is 13.5. The van der Waals surface area contributed by atoms with Crippen LogP contribution in [0.25, 0.3) is 0 Å². The number of anilines is 1. The van der Waals surface area contributed by atoms with E-state index in [1.165, 1.54) is 12.1 Å². The van der Waals surface area contributed by atoms with Crippen molar-refractivity contribution in [1.29, 1.82) is 0 Å². The van der Waals surface area contributed by atoms with Crippen LogP contribution in [-0.4, -0.2) is 18.4 Å². The van der Waals surface area contributed by atoms with E-state index in [-0.39, 0.29) is 17.6 Å². The number of nitrogens with one attached hydrogen (secondary N) is 2. The van der Waals surface area contributed by atoms with Gasteiger partial charge in [-0.3, -0.25) is 9.59 Å². The largest absolute Gasteiger partial charge is 0.352 e. The molecule has 0 atom stereocenters. The molecule has 2 N–H and O–H groups in total. The fourth-order valence-electron chi connectivity index (χ4n) is 2.69. The zero-order valence-electron chi connectivity index (χ0n) is 14.9. The molecule has 0 bridgehead atoms. The van der Waals surface area contributed by atoms with E-state index in [2.05, 4.69) is 10.6 Å².